The number of carbonyl (C=O) groups is 2. The molecule has 5 unspecified atom stereocenters. The zero-order chi connectivity index (χ0) is 32.5. The third kappa shape index (κ3) is 5.46. The Morgan fingerprint density at radius 1 is 1.11 bits per heavy atom. The molecule has 4 saturated carbocycles. The Balaban J connectivity index is 0.00000417. The number of hydrogen-bond donors (Lipinski definition) is 5. The molecule has 16 heteroatoms. The van der Waals surface area contributed by atoms with Crippen LogP contribution in [-0.2, 0) is 34.6 Å². The van der Waals surface area contributed by atoms with Gasteiger partial charge in [-0.05, 0) is 68.1 Å². The first-order valence-electron chi connectivity index (χ1n) is 15.1. The molecule has 1 aromatic rings. The van der Waals surface area contributed by atoms with Gasteiger partial charge in [0.1, 0.15) is 24.3 Å². The molecule has 4 aliphatic carbocycles. The first kappa shape index (κ1) is 36.0. The maximum Gasteiger partial charge on any atom is 1.00 e. The van der Waals surface area contributed by atoms with E-state index in [4.69, 9.17) is 40.3 Å². The molecule has 9 atom stereocenters. The second-order valence-corrected chi connectivity index (χ2v) is 13.9. The van der Waals surface area contributed by atoms with Crippen LogP contribution in [0.1, 0.15) is 51.0 Å². The number of amides is 1. The maximum absolute atomic E-state index is 12.7. The average molecular weight is 680 g/mol. The van der Waals surface area contributed by atoms with Crippen molar-refractivity contribution in [2.45, 2.75) is 98.0 Å². The predicted molar refractivity (Wildman–Crippen MR) is 149 cm³/mol. The van der Waals surface area contributed by atoms with Crippen LogP contribution < -0.4 is 49.5 Å². The number of carbonyl (C=O) groups excluding carboxylic acids is 2. The molecular formula is C30H39ClNNaO13. The van der Waals surface area contributed by atoms with E-state index in [-0.39, 0.29) is 57.8 Å². The number of halogens is 1. The summed E-state index contributed by atoms with van der Waals surface area (Å²) in [5.41, 5.74) is -0.412. The Morgan fingerprint density at radius 2 is 1.78 bits per heavy atom. The summed E-state index contributed by atoms with van der Waals surface area (Å²) in [4.78, 5) is 36.2. The molecule has 1 aromatic carbocycles. The Kier molecular flexibility index (Phi) is 10.1. The molecule has 0 radical (unpaired) electrons. The van der Waals surface area contributed by atoms with Gasteiger partial charge in [0.05, 0.1) is 25.9 Å². The number of carboxylic acid groups (broad SMARTS) is 1. The number of aliphatic carboxylic acids is 1. The second kappa shape index (κ2) is 12.9. The van der Waals surface area contributed by atoms with E-state index in [2.05, 4.69) is 5.32 Å². The van der Waals surface area contributed by atoms with Crippen molar-refractivity contribution in [3.05, 3.63) is 23.8 Å². The van der Waals surface area contributed by atoms with Gasteiger partial charge in [0.15, 0.2) is 17.1 Å². The number of aliphatic hydroxyl groups excluding tert-OH is 4. The first-order valence-corrected chi connectivity index (χ1v) is 15.4. The Bertz CT molecular complexity index is 1320. The largest absolute Gasteiger partial charge is 1.00 e. The molecule has 6 fully saturated rings. The molecule has 1 amide bonds. The average Bonchev–Trinajstić information content (AvgIpc) is 2.96. The van der Waals surface area contributed by atoms with Crippen LogP contribution in [0.3, 0.4) is 0 Å². The van der Waals surface area contributed by atoms with Crippen LogP contribution in [-0.4, -0.2) is 99.8 Å². The molecule has 7 rings (SSSR count). The van der Waals surface area contributed by atoms with E-state index in [0.717, 1.165) is 39.0 Å². The minimum Gasteiger partial charge on any atom is -0.543 e. The van der Waals surface area contributed by atoms with Crippen molar-refractivity contribution in [2.75, 3.05) is 20.8 Å². The number of hydrogen-bond acceptors (Lipinski definition) is 13. The number of carboxylic acids is 1. The zero-order valence-corrected chi connectivity index (χ0v) is 28.9. The molecule has 4 bridgehead atoms. The fourth-order valence-electron chi connectivity index (χ4n) is 8.71. The molecule has 250 valence electrons. The number of benzene rings is 1. The molecule has 2 aliphatic heterocycles. The van der Waals surface area contributed by atoms with E-state index in [1.807, 2.05) is 0 Å². The number of ether oxygens (including phenoxy) is 4. The Hall–Kier alpha value is -1.27. The fourth-order valence-corrected chi connectivity index (χ4v) is 9.30. The topological polar surface area (TPSA) is 206 Å². The third-order valence-corrected chi connectivity index (χ3v) is 10.9. The van der Waals surface area contributed by atoms with Gasteiger partial charge in [0.2, 0.25) is 5.91 Å². The maximum atomic E-state index is 12.7. The Morgan fingerprint density at radius 3 is 2.28 bits per heavy atom. The quantitative estimate of drug-likeness (QED) is 0.0916. The summed E-state index contributed by atoms with van der Waals surface area (Å²) >= 11 is 7.01. The number of rotatable bonds is 10. The number of methoxy groups -OCH3 is 2. The predicted octanol–water partition coefficient (Wildman–Crippen LogP) is -3.79. The van der Waals surface area contributed by atoms with Gasteiger partial charge in [-0.25, -0.2) is 4.89 Å². The second-order valence-electron chi connectivity index (χ2n) is 13.1. The van der Waals surface area contributed by atoms with E-state index >= 15 is 0 Å². The number of nitrogens with one attached hydrogen (secondary N) is 1. The van der Waals surface area contributed by atoms with Crippen molar-refractivity contribution in [3.8, 4) is 11.5 Å². The van der Waals surface area contributed by atoms with Crippen LogP contribution in [0.25, 0.3) is 0 Å². The molecule has 5 N–H and O–H groups in total. The molecule has 6 aliphatic rings. The van der Waals surface area contributed by atoms with Crippen molar-refractivity contribution in [1.29, 1.82) is 0 Å². The Labute approximate surface area is 292 Å². The van der Waals surface area contributed by atoms with Gasteiger partial charge in [-0.1, -0.05) is 0 Å². The van der Waals surface area contributed by atoms with E-state index in [0.29, 0.717) is 11.5 Å². The molecule has 46 heavy (non-hydrogen) atoms. The number of aliphatic hydroxyl groups is 4. The normalized spacial score (nSPS) is 42.0. The first-order chi connectivity index (χ1) is 21.3. The third-order valence-electron chi connectivity index (χ3n) is 10.4. The van der Waals surface area contributed by atoms with Crippen molar-refractivity contribution in [3.63, 3.8) is 0 Å². The zero-order valence-electron chi connectivity index (χ0n) is 26.1. The summed E-state index contributed by atoms with van der Waals surface area (Å²) in [6.07, 6.45) is -3.70. The molecule has 1 spiro atoms. The van der Waals surface area contributed by atoms with Crippen LogP contribution in [0.4, 0.5) is 0 Å². The van der Waals surface area contributed by atoms with Gasteiger partial charge >= 0.3 is 29.6 Å². The van der Waals surface area contributed by atoms with E-state index < -0.39 is 72.5 Å². The van der Waals surface area contributed by atoms with Crippen LogP contribution in [0.15, 0.2) is 18.2 Å². The minimum absolute atomic E-state index is 0. The van der Waals surface area contributed by atoms with Crippen LogP contribution in [0.5, 0.6) is 11.5 Å². The molecule has 2 saturated heterocycles. The SMILES string of the molecule is COc1ccc(C2(OC)OOC23C2CC4CC3CC(Cl)(C4)C2)cc1O[C@@]1(C(=O)[O-])C[C@H](O)[C@@H](NC(C)=O)[C@H](C(O)C(O)CO)O1.[Na+]. The van der Waals surface area contributed by atoms with E-state index in [9.17, 15) is 35.1 Å². The summed E-state index contributed by atoms with van der Waals surface area (Å²) in [5, 5.41) is 56.5. The summed E-state index contributed by atoms with van der Waals surface area (Å²) in [6, 6.07) is 3.33. The van der Waals surface area contributed by atoms with Gasteiger partial charge in [-0.15, -0.1) is 11.6 Å². The van der Waals surface area contributed by atoms with E-state index in [1.54, 1.807) is 6.07 Å². The smallest absolute Gasteiger partial charge is 0.543 e. The van der Waals surface area contributed by atoms with Crippen molar-refractivity contribution < 1.29 is 93.4 Å². The standard InChI is InChI=1S/C30H40ClNO13.Na/c1-14(34)32-23-19(35)12-28(26(38)39,43-25(23)24(37)20(36)13-33)42-22-8-16(4-5-21(22)40-2)30(41-3)29(44-45-30)17-6-15-7-18(29)11-27(31,9-15)10-17;/h4-5,8,15,17-20,23-25,33,35-37H,6-7,9-13H2,1-3H3,(H,32,34)(H,38,39);/q;+1/p-1/t15?,17?,18?,19-,20?,23+,24?,25+,27?,28-,29?,30?;/m0./s1. The summed E-state index contributed by atoms with van der Waals surface area (Å²) in [6.45, 7) is 0.225. The van der Waals surface area contributed by atoms with Crippen LogP contribution in [0.2, 0.25) is 0 Å². The molecule has 14 nitrogen and oxygen atoms in total. The van der Waals surface area contributed by atoms with Gasteiger partial charge in [0, 0.05) is 30.9 Å². The fraction of sp³-hybridized carbons (Fsp3) is 0.733. The van der Waals surface area contributed by atoms with Crippen LogP contribution >= 0.6 is 11.6 Å². The minimum atomic E-state index is -2.75. The summed E-state index contributed by atoms with van der Waals surface area (Å²) in [7, 11) is 2.84. The molecule has 2 heterocycles. The van der Waals surface area contributed by atoms with Gasteiger partial charge in [-0.2, -0.15) is 4.89 Å². The van der Waals surface area contributed by atoms with Crippen molar-refractivity contribution in [1.82, 2.24) is 5.32 Å². The van der Waals surface area contributed by atoms with Gasteiger partial charge < -0.3 is 54.6 Å². The van der Waals surface area contributed by atoms with Gasteiger partial charge in [0.25, 0.3) is 11.6 Å². The van der Waals surface area contributed by atoms with Crippen LogP contribution in [0, 0.1) is 17.8 Å². The van der Waals surface area contributed by atoms with Crippen molar-refractivity contribution in [2.24, 2.45) is 17.8 Å². The van der Waals surface area contributed by atoms with Gasteiger partial charge in [-0.3, -0.25) is 4.79 Å². The molecule has 0 aromatic heterocycles. The van der Waals surface area contributed by atoms with Crippen molar-refractivity contribution >= 4 is 23.5 Å². The molecular weight excluding hydrogens is 641 g/mol. The summed E-state index contributed by atoms with van der Waals surface area (Å²) in [5.74, 6) is -6.19. The number of alkyl halides is 1. The monoisotopic (exact) mass is 679 g/mol. The van der Waals surface area contributed by atoms with E-state index in [1.165, 1.54) is 26.4 Å². The summed E-state index contributed by atoms with van der Waals surface area (Å²) < 4.78 is 23.3.